The van der Waals surface area contributed by atoms with E-state index in [4.69, 9.17) is 9.47 Å². The molecule has 0 aliphatic carbocycles. The lowest BCUT2D eigenvalue weighted by atomic mass is 10.2. The van der Waals surface area contributed by atoms with Crippen LogP contribution in [0.2, 0.25) is 0 Å². The topological polar surface area (TPSA) is 50.8 Å². The first-order valence-electron chi connectivity index (χ1n) is 7.90. The number of carbonyl (C=O) groups is 1. The average Bonchev–Trinajstić information content (AvgIpc) is 3.00. The number of benzene rings is 1. The van der Waals surface area contributed by atoms with Gasteiger partial charge in [-0.15, -0.1) is 0 Å². The van der Waals surface area contributed by atoms with E-state index in [0.717, 1.165) is 25.2 Å². The van der Waals surface area contributed by atoms with E-state index in [9.17, 15) is 4.79 Å². The largest absolute Gasteiger partial charge is 0.492 e. The first-order chi connectivity index (χ1) is 10.6. The van der Waals surface area contributed by atoms with Crippen LogP contribution in [0.25, 0.3) is 0 Å². The number of nitrogens with one attached hydrogen (secondary N) is 1. The van der Waals surface area contributed by atoms with Gasteiger partial charge in [-0.1, -0.05) is 17.7 Å². The molecule has 1 aromatic rings. The zero-order chi connectivity index (χ0) is 15.8. The molecule has 0 bridgehead atoms. The molecule has 5 heteroatoms. The first kappa shape index (κ1) is 16.8. The lowest BCUT2D eigenvalue weighted by molar-refractivity contribution is -0.122. The van der Waals surface area contributed by atoms with Crippen molar-refractivity contribution >= 4 is 5.91 Å². The summed E-state index contributed by atoms with van der Waals surface area (Å²) >= 11 is 0. The highest BCUT2D eigenvalue weighted by Gasteiger charge is 2.16. The molecule has 5 nitrogen and oxygen atoms in total. The molecule has 1 unspecified atom stereocenters. The molecule has 1 heterocycles. The molecule has 0 spiro atoms. The third-order valence-corrected chi connectivity index (χ3v) is 3.73. The summed E-state index contributed by atoms with van der Waals surface area (Å²) in [6, 6.07) is 7.97. The van der Waals surface area contributed by atoms with Crippen LogP contribution in [0.15, 0.2) is 24.3 Å². The van der Waals surface area contributed by atoms with Gasteiger partial charge in [-0.3, -0.25) is 9.69 Å². The summed E-state index contributed by atoms with van der Waals surface area (Å²) in [5.74, 6) is 0.898. The summed E-state index contributed by atoms with van der Waals surface area (Å²) in [5, 5.41) is 2.92. The van der Waals surface area contributed by atoms with Crippen LogP contribution >= 0.6 is 0 Å². The lowest BCUT2D eigenvalue weighted by Crippen LogP contribution is -2.39. The van der Waals surface area contributed by atoms with E-state index >= 15 is 0 Å². The van der Waals surface area contributed by atoms with Gasteiger partial charge in [0.25, 0.3) is 0 Å². The van der Waals surface area contributed by atoms with Crippen molar-refractivity contribution in [2.45, 2.75) is 25.9 Å². The number of ether oxygens (including phenoxy) is 2. The van der Waals surface area contributed by atoms with E-state index in [2.05, 4.69) is 5.32 Å². The molecule has 1 aromatic carbocycles. The minimum Gasteiger partial charge on any atom is -0.492 e. The molecule has 1 fully saturated rings. The fourth-order valence-corrected chi connectivity index (χ4v) is 2.37. The number of amides is 1. The van der Waals surface area contributed by atoms with Gasteiger partial charge in [-0.25, -0.2) is 0 Å². The van der Waals surface area contributed by atoms with Gasteiger partial charge in [0, 0.05) is 19.7 Å². The van der Waals surface area contributed by atoms with Crippen LogP contribution in [0.3, 0.4) is 0 Å². The molecule has 0 saturated carbocycles. The van der Waals surface area contributed by atoms with Crippen molar-refractivity contribution in [3.63, 3.8) is 0 Å². The molecule has 0 aromatic heterocycles. The maximum Gasteiger partial charge on any atom is 0.234 e. The summed E-state index contributed by atoms with van der Waals surface area (Å²) in [6.07, 6.45) is 2.33. The van der Waals surface area contributed by atoms with Crippen LogP contribution in [0.4, 0.5) is 0 Å². The van der Waals surface area contributed by atoms with Crippen LogP contribution in [-0.2, 0) is 9.53 Å². The molecule has 1 aliphatic rings. The fourth-order valence-electron chi connectivity index (χ4n) is 2.37. The summed E-state index contributed by atoms with van der Waals surface area (Å²) < 4.78 is 11.1. The smallest absolute Gasteiger partial charge is 0.234 e. The van der Waals surface area contributed by atoms with Crippen molar-refractivity contribution in [2.75, 3.05) is 39.9 Å². The van der Waals surface area contributed by atoms with E-state index in [1.807, 2.05) is 43.1 Å². The number of hydrogen-bond donors (Lipinski definition) is 1. The van der Waals surface area contributed by atoms with Crippen molar-refractivity contribution in [1.29, 1.82) is 0 Å². The van der Waals surface area contributed by atoms with E-state index in [1.54, 1.807) is 0 Å². The quantitative estimate of drug-likeness (QED) is 0.792. The van der Waals surface area contributed by atoms with Crippen LogP contribution in [0, 0.1) is 6.92 Å². The molecule has 2 rings (SSSR count). The Morgan fingerprint density at radius 3 is 2.86 bits per heavy atom. The van der Waals surface area contributed by atoms with E-state index < -0.39 is 0 Å². The zero-order valence-corrected chi connectivity index (χ0v) is 13.5. The van der Waals surface area contributed by atoms with Gasteiger partial charge in [-0.05, 0) is 38.9 Å². The lowest BCUT2D eigenvalue weighted by Gasteiger charge is -2.17. The third-order valence-electron chi connectivity index (χ3n) is 3.73. The van der Waals surface area contributed by atoms with Gasteiger partial charge in [-0.2, -0.15) is 0 Å². The second kappa shape index (κ2) is 8.76. The molecule has 122 valence electrons. The fraction of sp³-hybridized carbons (Fsp3) is 0.588. The van der Waals surface area contributed by atoms with Crippen molar-refractivity contribution in [2.24, 2.45) is 0 Å². The van der Waals surface area contributed by atoms with Gasteiger partial charge >= 0.3 is 0 Å². The third kappa shape index (κ3) is 6.03. The Bertz CT molecular complexity index is 455. The van der Waals surface area contributed by atoms with E-state index in [0.29, 0.717) is 26.2 Å². The number of likely N-dealkylation sites (N-methyl/N-ethyl adjacent to an activating group) is 1. The molecule has 1 aliphatic heterocycles. The van der Waals surface area contributed by atoms with Crippen molar-refractivity contribution in [3.05, 3.63) is 29.8 Å². The van der Waals surface area contributed by atoms with Crippen molar-refractivity contribution < 1.29 is 14.3 Å². The SMILES string of the molecule is Cc1ccc(OCCN(C)CC(=O)NCC2CCCO2)cc1. The monoisotopic (exact) mass is 306 g/mol. The molecular formula is C17H26N2O3. The predicted octanol–water partition coefficient (Wildman–Crippen LogP) is 1.60. The molecule has 1 saturated heterocycles. The number of hydrogen-bond acceptors (Lipinski definition) is 4. The number of aryl methyl sites for hydroxylation is 1. The Kier molecular flexibility index (Phi) is 6.68. The standard InChI is InChI=1S/C17H26N2O3/c1-14-5-7-15(8-6-14)22-11-9-19(2)13-17(20)18-12-16-4-3-10-21-16/h5-8,16H,3-4,9-13H2,1-2H3,(H,18,20). The zero-order valence-electron chi connectivity index (χ0n) is 13.5. The summed E-state index contributed by atoms with van der Waals surface area (Å²) in [6.45, 7) is 5.14. The maximum absolute atomic E-state index is 11.8. The number of carbonyl (C=O) groups excluding carboxylic acids is 1. The Morgan fingerprint density at radius 1 is 1.41 bits per heavy atom. The molecule has 1 N–H and O–H groups in total. The minimum atomic E-state index is 0.0355. The van der Waals surface area contributed by atoms with Crippen molar-refractivity contribution in [3.8, 4) is 5.75 Å². The highest BCUT2D eigenvalue weighted by Crippen LogP contribution is 2.11. The van der Waals surface area contributed by atoms with E-state index in [1.165, 1.54) is 5.56 Å². The van der Waals surface area contributed by atoms with Crippen LogP contribution in [0.1, 0.15) is 18.4 Å². The van der Waals surface area contributed by atoms with Gasteiger partial charge in [0.2, 0.25) is 5.91 Å². The number of rotatable bonds is 8. The van der Waals surface area contributed by atoms with E-state index in [-0.39, 0.29) is 12.0 Å². The minimum absolute atomic E-state index is 0.0355. The van der Waals surface area contributed by atoms with Gasteiger partial charge in [0.15, 0.2) is 0 Å². The highest BCUT2D eigenvalue weighted by atomic mass is 16.5. The van der Waals surface area contributed by atoms with Gasteiger partial charge < -0.3 is 14.8 Å². The predicted molar refractivity (Wildman–Crippen MR) is 86.2 cm³/mol. The molecule has 0 radical (unpaired) electrons. The summed E-state index contributed by atoms with van der Waals surface area (Å²) in [7, 11) is 1.92. The van der Waals surface area contributed by atoms with Crippen LogP contribution in [0.5, 0.6) is 5.75 Å². The summed E-state index contributed by atoms with van der Waals surface area (Å²) in [4.78, 5) is 13.8. The number of nitrogens with zero attached hydrogens (tertiary/aromatic N) is 1. The van der Waals surface area contributed by atoms with Crippen LogP contribution < -0.4 is 10.1 Å². The van der Waals surface area contributed by atoms with Gasteiger partial charge in [0.1, 0.15) is 12.4 Å². The Hall–Kier alpha value is -1.59. The maximum atomic E-state index is 11.8. The summed E-state index contributed by atoms with van der Waals surface area (Å²) in [5.41, 5.74) is 1.22. The average molecular weight is 306 g/mol. The molecule has 1 amide bonds. The second-order valence-corrected chi connectivity index (χ2v) is 5.84. The molecule has 22 heavy (non-hydrogen) atoms. The van der Waals surface area contributed by atoms with Crippen molar-refractivity contribution in [1.82, 2.24) is 10.2 Å². The second-order valence-electron chi connectivity index (χ2n) is 5.84. The Balaban J connectivity index is 1.57. The Labute approximate surface area is 132 Å². The Morgan fingerprint density at radius 2 is 2.18 bits per heavy atom. The molecule has 1 atom stereocenters. The molecular weight excluding hydrogens is 280 g/mol. The van der Waals surface area contributed by atoms with Gasteiger partial charge in [0.05, 0.1) is 12.6 Å². The highest BCUT2D eigenvalue weighted by molar-refractivity contribution is 5.77. The first-order valence-corrected chi connectivity index (χ1v) is 7.90. The van der Waals surface area contributed by atoms with Crippen LogP contribution in [-0.4, -0.2) is 56.8 Å². The normalized spacial score (nSPS) is 17.7.